The lowest BCUT2D eigenvalue weighted by atomic mass is 9.86. The zero-order chi connectivity index (χ0) is 29.2. The number of carboxylic acids is 1. The molecule has 2 fully saturated rings. The molecule has 0 saturated heterocycles. The number of pyridine rings is 1. The van der Waals surface area contributed by atoms with Crippen LogP contribution in [0.1, 0.15) is 83.8 Å². The minimum Gasteiger partial charge on any atom is -0.481 e. The third kappa shape index (κ3) is 6.28. The van der Waals surface area contributed by atoms with Gasteiger partial charge in [0.25, 0.3) is 5.91 Å². The molecule has 218 valence electrons. The van der Waals surface area contributed by atoms with Gasteiger partial charge in [0, 0.05) is 19.5 Å². The Bertz CT molecular complexity index is 1250. The molecular weight excluding hydrogens is 576 g/mol. The molecule has 1 N–H and O–H groups in total. The van der Waals surface area contributed by atoms with Crippen LogP contribution in [0.15, 0.2) is 18.6 Å². The first-order valence-corrected chi connectivity index (χ1v) is 13.7. The van der Waals surface area contributed by atoms with Crippen molar-refractivity contribution in [3.05, 3.63) is 45.5 Å². The van der Waals surface area contributed by atoms with Gasteiger partial charge in [-0.3, -0.25) is 24.0 Å². The van der Waals surface area contributed by atoms with E-state index >= 15 is 0 Å². The molecule has 2 saturated carbocycles. The first kappa shape index (κ1) is 30.3. The summed E-state index contributed by atoms with van der Waals surface area (Å²) in [5, 5.41) is 13.1. The van der Waals surface area contributed by atoms with Crippen LogP contribution in [0.3, 0.4) is 0 Å². The van der Waals surface area contributed by atoms with E-state index in [0.29, 0.717) is 12.8 Å². The van der Waals surface area contributed by atoms with Crippen molar-refractivity contribution in [2.24, 2.45) is 5.92 Å². The Morgan fingerprint density at radius 2 is 1.70 bits per heavy atom. The number of amides is 1. The summed E-state index contributed by atoms with van der Waals surface area (Å²) in [7, 11) is 1.47. The molecule has 2 aliphatic rings. The van der Waals surface area contributed by atoms with E-state index in [-0.39, 0.29) is 47.8 Å². The van der Waals surface area contributed by atoms with Gasteiger partial charge in [-0.05, 0) is 38.5 Å². The summed E-state index contributed by atoms with van der Waals surface area (Å²) in [6.07, 6.45) is 1.83. The quantitative estimate of drug-likeness (QED) is 0.365. The van der Waals surface area contributed by atoms with Crippen LogP contribution in [0.25, 0.3) is 0 Å². The second-order valence-corrected chi connectivity index (χ2v) is 11.2. The Labute approximate surface area is 238 Å². The number of carbonyl (C=O) groups excluding carboxylic acids is 2. The molecule has 0 unspecified atom stereocenters. The molecule has 0 atom stereocenters. The second-order valence-electron chi connectivity index (χ2n) is 10.3. The van der Waals surface area contributed by atoms with E-state index in [9.17, 15) is 32.7 Å². The van der Waals surface area contributed by atoms with Gasteiger partial charge in [0.05, 0.1) is 58.0 Å². The van der Waals surface area contributed by atoms with Crippen molar-refractivity contribution in [1.29, 1.82) is 0 Å². The first-order valence-electron chi connectivity index (χ1n) is 12.9. The molecule has 0 spiro atoms. The maximum atomic E-state index is 14.4. The molecule has 14 heteroatoms. The molecule has 2 heterocycles. The zero-order valence-corrected chi connectivity index (χ0v) is 23.2. The zero-order valence-electron chi connectivity index (χ0n) is 21.7. The average Bonchev–Trinajstić information content (AvgIpc) is 3.56. The fourth-order valence-corrected chi connectivity index (χ4v) is 6.31. The van der Waals surface area contributed by atoms with Crippen molar-refractivity contribution in [3.63, 3.8) is 0 Å². The van der Waals surface area contributed by atoms with Gasteiger partial charge in [0.15, 0.2) is 11.5 Å². The fourth-order valence-electron chi connectivity index (χ4n) is 5.74. The third-order valence-electron chi connectivity index (χ3n) is 7.87. The number of hydrogen-bond donors (Lipinski definition) is 1. The summed E-state index contributed by atoms with van der Waals surface area (Å²) in [4.78, 5) is 43.3. The highest BCUT2D eigenvalue weighted by Crippen LogP contribution is 2.40. The Morgan fingerprint density at radius 1 is 1.10 bits per heavy atom. The number of alkyl halides is 3. The average molecular weight is 605 g/mol. The number of nitrogens with zero attached hydrogens (tertiary/aromatic N) is 4. The lowest BCUT2D eigenvalue weighted by Crippen LogP contribution is -2.47. The van der Waals surface area contributed by atoms with Crippen molar-refractivity contribution >= 4 is 40.9 Å². The molecule has 40 heavy (non-hydrogen) atoms. The summed E-state index contributed by atoms with van der Waals surface area (Å²) in [6.45, 7) is -0.722. The number of methoxy groups -OCH3 is 1. The normalized spacial score (nSPS) is 20.9. The topological polar surface area (TPSA) is 115 Å². The highest BCUT2D eigenvalue weighted by molar-refractivity contribution is 6.39. The number of carbonyl (C=O) groups is 3. The van der Waals surface area contributed by atoms with Crippen LogP contribution in [0.2, 0.25) is 10.0 Å². The maximum Gasteiger partial charge on any atom is 0.433 e. The molecule has 0 radical (unpaired) electrons. The SMILES string of the molecule is COC1(CN(CC(=O)c2c(Cl)cncc2Cl)C(=O)c2cnn(C3CCC(C(=O)O)CC3)c2C(F)(F)F)CCCC1. The van der Waals surface area contributed by atoms with E-state index in [4.69, 9.17) is 27.9 Å². The van der Waals surface area contributed by atoms with Crippen LogP contribution in [0, 0.1) is 5.92 Å². The van der Waals surface area contributed by atoms with Crippen LogP contribution in [0.4, 0.5) is 13.2 Å². The van der Waals surface area contributed by atoms with Gasteiger partial charge < -0.3 is 14.7 Å². The highest BCUT2D eigenvalue weighted by atomic mass is 35.5. The number of hydrogen-bond acceptors (Lipinski definition) is 6. The number of Topliss-reactive ketones (excluding diaryl/α,β-unsaturated/α-hetero) is 1. The van der Waals surface area contributed by atoms with Crippen molar-refractivity contribution < 1.29 is 37.4 Å². The number of carboxylic acid groups (broad SMARTS) is 1. The number of rotatable bonds is 9. The Hall–Kier alpha value is -2.70. The number of aromatic nitrogens is 3. The second kappa shape index (κ2) is 12.0. The van der Waals surface area contributed by atoms with E-state index in [0.717, 1.165) is 28.6 Å². The summed E-state index contributed by atoms with van der Waals surface area (Å²) < 4.78 is 49.8. The standard InChI is InChI=1S/C26H29Cl2F3N4O5/c1-40-25(8-2-3-9-25)14-34(13-20(36)21-18(27)11-32-12-19(21)28)23(37)17-10-33-35(22(17)26(29,30)31)16-6-4-15(5-7-16)24(38)39/h10-12,15-16H,2-9,13-14H2,1H3,(H,38,39). The number of aliphatic carboxylic acids is 1. The minimum atomic E-state index is -4.94. The predicted molar refractivity (Wildman–Crippen MR) is 139 cm³/mol. The van der Waals surface area contributed by atoms with E-state index in [2.05, 4.69) is 10.1 Å². The van der Waals surface area contributed by atoms with Crippen molar-refractivity contribution in [3.8, 4) is 0 Å². The van der Waals surface area contributed by atoms with E-state index in [1.165, 1.54) is 19.5 Å². The van der Waals surface area contributed by atoms with Crippen LogP contribution in [0.5, 0.6) is 0 Å². The molecule has 4 rings (SSSR count). The van der Waals surface area contributed by atoms with Gasteiger partial charge in [-0.15, -0.1) is 0 Å². The van der Waals surface area contributed by atoms with Crippen LogP contribution < -0.4 is 0 Å². The molecule has 0 aliphatic heterocycles. The van der Waals surface area contributed by atoms with Gasteiger partial charge in [0.1, 0.15) is 0 Å². The Morgan fingerprint density at radius 3 is 2.23 bits per heavy atom. The Kier molecular flexibility index (Phi) is 9.11. The summed E-state index contributed by atoms with van der Waals surface area (Å²) in [6, 6.07) is -0.724. The van der Waals surface area contributed by atoms with E-state index < -0.39 is 59.2 Å². The minimum absolute atomic E-state index is 0.0482. The highest BCUT2D eigenvalue weighted by Gasteiger charge is 2.45. The summed E-state index contributed by atoms with van der Waals surface area (Å²) in [5.74, 6) is -3.31. The molecule has 2 aromatic rings. The molecule has 0 aromatic carbocycles. The Balaban J connectivity index is 1.70. The monoisotopic (exact) mass is 604 g/mol. The summed E-state index contributed by atoms with van der Waals surface area (Å²) >= 11 is 12.3. The largest absolute Gasteiger partial charge is 0.481 e. The van der Waals surface area contributed by atoms with Crippen LogP contribution in [-0.2, 0) is 15.7 Å². The van der Waals surface area contributed by atoms with Crippen molar-refractivity contribution in [1.82, 2.24) is 19.7 Å². The number of ketones is 1. The van der Waals surface area contributed by atoms with E-state index in [1.54, 1.807) is 0 Å². The van der Waals surface area contributed by atoms with Crippen LogP contribution in [-0.4, -0.2) is 68.2 Å². The molecule has 1 amide bonds. The molecular formula is C26H29Cl2F3N4O5. The first-order chi connectivity index (χ1) is 18.9. The van der Waals surface area contributed by atoms with Crippen molar-refractivity contribution in [2.75, 3.05) is 20.2 Å². The lowest BCUT2D eigenvalue weighted by molar-refractivity contribution is -0.147. The fraction of sp³-hybridized carbons (Fsp3) is 0.577. The molecule has 9 nitrogen and oxygen atoms in total. The summed E-state index contributed by atoms with van der Waals surface area (Å²) in [5.41, 5.74) is -2.84. The van der Waals surface area contributed by atoms with Crippen molar-refractivity contribution in [2.45, 2.75) is 69.2 Å². The lowest BCUT2D eigenvalue weighted by Gasteiger charge is -2.34. The van der Waals surface area contributed by atoms with E-state index in [1.807, 2.05) is 0 Å². The van der Waals surface area contributed by atoms with Gasteiger partial charge in [-0.2, -0.15) is 18.3 Å². The third-order valence-corrected chi connectivity index (χ3v) is 8.44. The van der Waals surface area contributed by atoms with Gasteiger partial charge >= 0.3 is 12.1 Å². The predicted octanol–water partition coefficient (Wildman–Crippen LogP) is 5.70. The number of ether oxygens (including phenoxy) is 1. The smallest absolute Gasteiger partial charge is 0.433 e. The maximum absolute atomic E-state index is 14.4. The number of halogens is 5. The molecule has 2 aromatic heterocycles. The molecule has 2 aliphatic carbocycles. The van der Waals surface area contributed by atoms with Gasteiger partial charge in [-0.1, -0.05) is 36.0 Å². The van der Waals surface area contributed by atoms with Gasteiger partial charge in [-0.25, -0.2) is 0 Å². The molecule has 0 bridgehead atoms. The van der Waals surface area contributed by atoms with Gasteiger partial charge in [0.2, 0.25) is 0 Å². The van der Waals surface area contributed by atoms with Crippen LogP contribution >= 0.6 is 23.2 Å².